The maximum atomic E-state index is 5.97. The summed E-state index contributed by atoms with van der Waals surface area (Å²) in [7, 11) is 0. The van der Waals surface area contributed by atoms with E-state index in [-0.39, 0.29) is 0 Å². The van der Waals surface area contributed by atoms with Crippen LogP contribution in [0.1, 0.15) is 31.2 Å². The Morgan fingerprint density at radius 2 is 1.73 bits per heavy atom. The SMILES string of the molecule is Clc1ccc(CN2CCC(Nc3cc(N4CCCC4)ncn3)CC2)cc1. The lowest BCUT2D eigenvalue weighted by Gasteiger charge is -2.32. The van der Waals surface area contributed by atoms with Gasteiger partial charge in [0.2, 0.25) is 0 Å². The summed E-state index contributed by atoms with van der Waals surface area (Å²) in [6.45, 7) is 5.42. The van der Waals surface area contributed by atoms with Gasteiger partial charge in [-0.15, -0.1) is 0 Å². The van der Waals surface area contributed by atoms with Gasteiger partial charge in [0.15, 0.2) is 0 Å². The minimum atomic E-state index is 0.484. The van der Waals surface area contributed by atoms with Crippen molar-refractivity contribution in [1.82, 2.24) is 14.9 Å². The number of nitrogens with zero attached hydrogens (tertiary/aromatic N) is 4. The second-order valence-corrected chi connectivity index (χ2v) is 7.71. The van der Waals surface area contributed by atoms with Gasteiger partial charge in [0.25, 0.3) is 0 Å². The van der Waals surface area contributed by atoms with Gasteiger partial charge in [0.05, 0.1) is 0 Å². The molecule has 0 aliphatic carbocycles. The van der Waals surface area contributed by atoms with E-state index < -0.39 is 0 Å². The molecule has 0 amide bonds. The third-order valence-corrected chi connectivity index (χ3v) is 5.59. The number of anilines is 2. The molecule has 3 heterocycles. The largest absolute Gasteiger partial charge is 0.367 e. The van der Waals surface area contributed by atoms with Crippen LogP contribution < -0.4 is 10.2 Å². The van der Waals surface area contributed by atoms with Gasteiger partial charge in [-0.2, -0.15) is 0 Å². The fraction of sp³-hybridized carbons (Fsp3) is 0.500. The number of halogens is 1. The van der Waals surface area contributed by atoms with E-state index in [2.05, 4.69) is 43.3 Å². The summed E-state index contributed by atoms with van der Waals surface area (Å²) in [5.74, 6) is 2.01. The second-order valence-electron chi connectivity index (χ2n) is 7.28. The van der Waals surface area contributed by atoms with Crippen molar-refractivity contribution in [2.45, 2.75) is 38.3 Å². The normalized spacial score (nSPS) is 19.0. The van der Waals surface area contributed by atoms with Crippen molar-refractivity contribution in [2.75, 3.05) is 36.4 Å². The van der Waals surface area contributed by atoms with Gasteiger partial charge in [-0.25, -0.2) is 9.97 Å². The van der Waals surface area contributed by atoms with Crippen molar-refractivity contribution in [3.8, 4) is 0 Å². The number of piperidine rings is 1. The Morgan fingerprint density at radius 3 is 2.46 bits per heavy atom. The molecule has 26 heavy (non-hydrogen) atoms. The fourth-order valence-electron chi connectivity index (χ4n) is 3.84. The lowest BCUT2D eigenvalue weighted by molar-refractivity contribution is 0.211. The van der Waals surface area contributed by atoms with Crippen LogP contribution >= 0.6 is 11.6 Å². The van der Waals surface area contributed by atoms with Crippen molar-refractivity contribution >= 4 is 23.2 Å². The molecular formula is C20H26ClN5. The van der Waals surface area contributed by atoms with Crippen LogP contribution in [-0.4, -0.2) is 47.1 Å². The molecule has 0 saturated carbocycles. The van der Waals surface area contributed by atoms with Gasteiger partial charge < -0.3 is 10.2 Å². The first kappa shape index (κ1) is 17.6. The fourth-order valence-corrected chi connectivity index (χ4v) is 3.96. The maximum Gasteiger partial charge on any atom is 0.134 e. The summed E-state index contributed by atoms with van der Waals surface area (Å²) in [6, 6.07) is 10.8. The zero-order chi connectivity index (χ0) is 17.8. The molecule has 138 valence electrons. The van der Waals surface area contributed by atoms with Crippen LogP contribution in [0.5, 0.6) is 0 Å². The molecule has 1 N–H and O–H groups in total. The highest BCUT2D eigenvalue weighted by molar-refractivity contribution is 6.30. The van der Waals surface area contributed by atoms with E-state index in [4.69, 9.17) is 11.6 Å². The minimum Gasteiger partial charge on any atom is -0.367 e. The minimum absolute atomic E-state index is 0.484. The van der Waals surface area contributed by atoms with E-state index in [0.717, 1.165) is 62.2 Å². The van der Waals surface area contributed by atoms with Crippen LogP contribution in [0, 0.1) is 0 Å². The smallest absolute Gasteiger partial charge is 0.134 e. The lowest BCUT2D eigenvalue weighted by Crippen LogP contribution is -2.38. The van der Waals surface area contributed by atoms with Crippen molar-refractivity contribution in [3.05, 3.63) is 47.2 Å². The summed E-state index contributed by atoms with van der Waals surface area (Å²) in [4.78, 5) is 13.7. The first-order chi connectivity index (χ1) is 12.8. The Hall–Kier alpha value is -1.85. The lowest BCUT2D eigenvalue weighted by atomic mass is 10.0. The van der Waals surface area contributed by atoms with Gasteiger partial charge in [0.1, 0.15) is 18.0 Å². The predicted molar refractivity (Wildman–Crippen MR) is 107 cm³/mol. The summed E-state index contributed by atoms with van der Waals surface area (Å²) in [6.07, 6.45) is 6.48. The summed E-state index contributed by atoms with van der Waals surface area (Å²) < 4.78 is 0. The zero-order valence-corrected chi connectivity index (χ0v) is 15.8. The highest BCUT2D eigenvalue weighted by Gasteiger charge is 2.20. The van der Waals surface area contributed by atoms with Gasteiger partial charge in [0, 0.05) is 49.9 Å². The van der Waals surface area contributed by atoms with Crippen LogP contribution in [0.2, 0.25) is 5.02 Å². The molecule has 1 aromatic heterocycles. The van der Waals surface area contributed by atoms with E-state index in [1.54, 1.807) is 6.33 Å². The molecule has 5 nitrogen and oxygen atoms in total. The molecule has 0 radical (unpaired) electrons. The van der Waals surface area contributed by atoms with Crippen LogP contribution in [0.25, 0.3) is 0 Å². The molecule has 4 rings (SSSR count). The van der Waals surface area contributed by atoms with Crippen LogP contribution in [0.3, 0.4) is 0 Å². The van der Waals surface area contributed by atoms with E-state index in [9.17, 15) is 0 Å². The Bertz CT molecular complexity index is 706. The number of hydrogen-bond donors (Lipinski definition) is 1. The number of benzene rings is 1. The predicted octanol–water partition coefficient (Wildman–Crippen LogP) is 3.81. The summed E-state index contributed by atoms with van der Waals surface area (Å²) >= 11 is 5.97. The molecule has 0 atom stereocenters. The van der Waals surface area contributed by atoms with Gasteiger partial charge in [-0.1, -0.05) is 23.7 Å². The maximum absolute atomic E-state index is 5.97. The molecule has 2 fully saturated rings. The number of aromatic nitrogens is 2. The Balaban J connectivity index is 1.28. The molecular weight excluding hydrogens is 346 g/mol. The van der Waals surface area contributed by atoms with E-state index in [0.29, 0.717) is 6.04 Å². The van der Waals surface area contributed by atoms with Gasteiger partial charge >= 0.3 is 0 Å². The Morgan fingerprint density at radius 1 is 1.00 bits per heavy atom. The standard InChI is InChI=1S/C20H26ClN5/c21-17-5-3-16(4-6-17)14-25-11-7-18(8-12-25)24-19-13-20(23-15-22-19)26-9-1-2-10-26/h3-6,13,15,18H,1-2,7-12,14H2,(H,22,23,24). The number of nitrogens with one attached hydrogen (secondary N) is 1. The van der Waals surface area contributed by atoms with E-state index >= 15 is 0 Å². The van der Waals surface area contributed by atoms with Gasteiger partial charge in [-0.3, -0.25) is 4.90 Å². The molecule has 2 aromatic rings. The summed E-state index contributed by atoms with van der Waals surface area (Å²) in [5.41, 5.74) is 1.33. The van der Waals surface area contributed by atoms with Crippen LogP contribution in [-0.2, 0) is 6.54 Å². The highest BCUT2D eigenvalue weighted by atomic mass is 35.5. The number of rotatable bonds is 5. The molecule has 2 aliphatic heterocycles. The molecule has 0 bridgehead atoms. The van der Waals surface area contributed by atoms with Gasteiger partial charge in [-0.05, 0) is 43.4 Å². The molecule has 2 saturated heterocycles. The third kappa shape index (κ3) is 4.46. The number of hydrogen-bond acceptors (Lipinski definition) is 5. The monoisotopic (exact) mass is 371 g/mol. The molecule has 1 aromatic carbocycles. The first-order valence-corrected chi connectivity index (χ1v) is 9.94. The van der Waals surface area contributed by atoms with Crippen molar-refractivity contribution in [2.24, 2.45) is 0 Å². The van der Waals surface area contributed by atoms with Crippen molar-refractivity contribution in [1.29, 1.82) is 0 Å². The Labute approximate surface area is 160 Å². The average molecular weight is 372 g/mol. The Kier molecular flexibility index (Phi) is 5.56. The van der Waals surface area contributed by atoms with Crippen molar-refractivity contribution < 1.29 is 0 Å². The summed E-state index contributed by atoms with van der Waals surface area (Å²) in [5, 5.41) is 4.42. The van der Waals surface area contributed by atoms with Crippen LogP contribution in [0.15, 0.2) is 36.7 Å². The molecule has 0 unspecified atom stereocenters. The van der Waals surface area contributed by atoms with Crippen molar-refractivity contribution in [3.63, 3.8) is 0 Å². The van der Waals surface area contributed by atoms with Crippen LogP contribution in [0.4, 0.5) is 11.6 Å². The average Bonchev–Trinajstić information content (AvgIpc) is 3.20. The number of likely N-dealkylation sites (tertiary alicyclic amines) is 1. The second kappa shape index (κ2) is 8.23. The first-order valence-electron chi connectivity index (χ1n) is 9.56. The highest BCUT2D eigenvalue weighted by Crippen LogP contribution is 2.22. The third-order valence-electron chi connectivity index (χ3n) is 5.34. The topological polar surface area (TPSA) is 44.3 Å². The molecule has 2 aliphatic rings. The van der Waals surface area contributed by atoms with E-state index in [1.807, 2.05) is 12.1 Å². The molecule has 6 heteroatoms. The zero-order valence-electron chi connectivity index (χ0n) is 15.1. The quantitative estimate of drug-likeness (QED) is 0.865. The van der Waals surface area contributed by atoms with E-state index in [1.165, 1.54) is 18.4 Å². The molecule has 0 spiro atoms.